The molecule has 1 saturated heterocycles. The van der Waals surface area contributed by atoms with E-state index in [1.807, 2.05) is 20.8 Å². The highest BCUT2D eigenvalue weighted by molar-refractivity contribution is 7.89. The van der Waals surface area contributed by atoms with Gasteiger partial charge < -0.3 is 5.73 Å². The van der Waals surface area contributed by atoms with Crippen LogP contribution < -0.4 is 5.73 Å². The maximum absolute atomic E-state index is 12.8. The zero-order valence-corrected chi connectivity index (χ0v) is 13.5. The summed E-state index contributed by atoms with van der Waals surface area (Å²) >= 11 is 0. The fourth-order valence-corrected chi connectivity index (χ4v) is 4.75. The van der Waals surface area contributed by atoms with Gasteiger partial charge in [-0.1, -0.05) is 6.92 Å². The predicted octanol–water partition coefficient (Wildman–Crippen LogP) is 2.69. The van der Waals surface area contributed by atoms with Crippen molar-refractivity contribution in [1.29, 1.82) is 0 Å². The van der Waals surface area contributed by atoms with Crippen LogP contribution in [0, 0.1) is 19.8 Å². The fourth-order valence-electron chi connectivity index (χ4n) is 2.90. The van der Waals surface area contributed by atoms with E-state index >= 15 is 0 Å². The number of anilines is 1. The molecule has 1 aromatic carbocycles. The summed E-state index contributed by atoms with van der Waals surface area (Å²) in [4.78, 5) is 0.252. The minimum atomic E-state index is -3.50. The van der Waals surface area contributed by atoms with E-state index in [-0.39, 0.29) is 10.9 Å². The lowest BCUT2D eigenvalue weighted by Gasteiger charge is -2.35. The Morgan fingerprint density at radius 1 is 1.20 bits per heavy atom. The summed E-state index contributed by atoms with van der Waals surface area (Å²) in [5.41, 5.74) is 8.27. The SMILES string of the molecule is Cc1cc(N)c(S(=O)(=O)N2CCC(C)CC2C)cc1C. The number of piperidine rings is 1. The van der Waals surface area contributed by atoms with Crippen molar-refractivity contribution in [2.75, 3.05) is 12.3 Å². The summed E-state index contributed by atoms with van der Waals surface area (Å²) in [6.45, 7) is 8.58. The lowest BCUT2D eigenvalue weighted by Crippen LogP contribution is -2.44. The van der Waals surface area contributed by atoms with Crippen LogP contribution in [0.4, 0.5) is 5.69 Å². The van der Waals surface area contributed by atoms with Gasteiger partial charge in [0.15, 0.2) is 0 Å². The first-order valence-corrected chi connectivity index (χ1v) is 8.56. The lowest BCUT2D eigenvalue weighted by molar-refractivity contribution is 0.220. The molecule has 0 amide bonds. The molecule has 4 nitrogen and oxygen atoms in total. The van der Waals surface area contributed by atoms with E-state index in [4.69, 9.17) is 5.73 Å². The summed E-state index contributed by atoms with van der Waals surface area (Å²) in [7, 11) is -3.50. The lowest BCUT2D eigenvalue weighted by atomic mass is 9.95. The second kappa shape index (κ2) is 5.37. The van der Waals surface area contributed by atoms with E-state index in [0.717, 1.165) is 24.0 Å². The second-order valence-corrected chi connectivity index (χ2v) is 7.93. The first kappa shape index (κ1) is 15.3. The molecule has 5 heteroatoms. The van der Waals surface area contributed by atoms with Gasteiger partial charge in [0.2, 0.25) is 10.0 Å². The molecule has 1 aromatic rings. The van der Waals surface area contributed by atoms with Crippen molar-refractivity contribution in [2.45, 2.75) is 51.5 Å². The fraction of sp³-hybridized carbons (Fsp3) is 0.600. The molecule has 112 valence electrons. The first-order valence-electron chi connectivity index (χ1n) is 7.12. The third-order valence-corrected chi connectivity index (χ3v) is 6.36. The van der Waals surface area contributed by atoms with Crippen LogP contribution in [0.1, 0.15) is 37.8 Å². The number of rotatable bonds is 2. The number of nitrogen functional groups attached to an aromatic ring is 1. The number of nitrogens with two attached hydrogens (primary N) is 1. The van der Waals surface area contributed by atoms with Gasteiger partial charge in [-0.3, -0.25) is 0 Å². The Kier molecular flexibility index (Phi) is 4.12. The standard InChI is InChI=1S/C15H24N2O2S/c1-10-5-6-17(13(4)7-10)20(18,19)15-9-12(3)11(2)8-14(15)16/h8-10,13H,5-7,16H2,1-4H3. The van der Waals surface area contributed by atoms with E-state index in [1.54, 1.807) is 16.4 Å². The van der Waals surface area contributed by atoms with Crippen LogP contribution in [-0.2, 0) is 10.0 Å². The number of benzene rings is 1. The Morgan fingerprint density at radius 2 is 1.80 bits per heavy atom. The highest BCUT2D eigenvalue weighted by Gasteiger charge is 2.34. The summed E-state index contributed by atoms with van der Waals surface area (Å²) < 4.78 is 27.3. The molecule has 2 atom stereocenters. The molecule has 1 aliphatic heterocycles. The first-order chi connectivity index (χ1) is 9.23. The third kappa shape index (κ3) is 2.69. The molecular weight excluding hydrogens is 272 g/mol. The average Bonchev–Trinajstić information content (AvgIpc) is 2.33. The van der Waals surface area contributed by atoms with Gasteiger partial charge in [-0.15, -0.1) is 0 Å². The smallest absolute Gasteiger partial charge is 0.245 e. The maximum Gasteiger partial charge on any atom is 0.245 e. The molecule has 0 radical (unpaired) electrons. The van der Waals surface area contributed by atoms with Gasteiger partial charge >= 0.3 is 0 Å². The predicted molar refractivity (Wildman–Crippen MR) is 82.1 cm³/mol. The minimum Gasteiger partial charge on any atom is -0.398 e. The van der Waals surface area contributed by atoms with E-state index in [9.17, 15) is 8.42 Å². The second-order valence-electron chi connectivity index (χ2n) is 6.07. The van der Waals surface area contributed by atoms with Gasteiger partial charge in [0.05, 0.1) is 5.69 Å². The van der Waals surface area contributed by atoms with E-state index in [1.165, 1.54) is 0 Å². The van der Waals surface area contributed by atoms with Crippen molar-refractivity contribution in [3.63, 3.8) is 0 Å². The molecule has 1 aliphatic rings. The molecule has 0 bridgehead atoms. The van der Waals surface area contributed by atoms with Gasteiger partial charge in [-0.2, -0.15) is 4.31 Å². The van der Waals surface area contributed by atoms with E-state index in [2.05, 4.69) is 6.92 Å². The Balaban J connectivity index is 2.43. The number of hydrogen-bond donors (Lipinski definition) is 1. The molecule has 2 unspecified atom stereocenters. The number of sulfonamides is 1. The molecular formula is C15H24N2O2S. The monoisotopic (exact) mass is 296 g/mol. The molecule has 1 fully saturated rings. The molecule has 0 aromatic heterocycles. The largest absolute Gasteiger partial charge is 0.398 e. The molecule has 1 heterocycles. The van der Waals surface area contributed by atoms with Crippen molar-refractivity contribution < 1.29 is 8.42 Å². The normalized spacial score (nSPS) is 24.8. The van der Waals surface area contributed by atoms with Crippen LogP contribution in [-0.4, -0.2) is 25.3 Å². The third-order valence-electron chi connectivity index (χ3n) is 4.29. The zero-order valence-electron chi connectivity index (χ0n) is 12.7. The van der Waals surface area contributed by atoms with Crippen LogP contribution >= 0.6 is 0 Å². The van der Waals surface area contributed by atoms with E-state index < -0.39 is 10.0 Å². The quantitative estimate of drug-likeness (QED) is 0.853. The average molecular weight is 296 g/mol. The van der Waals surface area contributed by atoms with Crippen molar-refractivity contribution in [3.8, 4) is 0 Å². The minimum absolute atomic E-state index is 0.0322. The molecule has 0 spiro atoms. The van der Waals surface area contributed by atoms with Gasteiger partial charge in [-0.25, -0.2) is 8.42 Å². The summed E-state index contributed by atoms with van der Waals surface area (Å²) in [6, 6.07) is 3.48. The van der Waals surface area contributed by atoms with Crippen LogP contribution in [0.25, 0.3) is 0 Å². The molecule has 2 rings (SSSR count). The van der Waals surface area contributed by atoms with Crippen LogP contribution in [0.3, 0.4) is 0 Å². The van der Waals surface area contributed by atoms with Crippen molar-refractivity contribution in [3.05, 3.63) is 23.3 Å². The Hall–Kier alpha value is -1.07. The Labute approximate surface area is 122 Å². The summed E-state index contributed by atoms with van der Waals surface area (Å²) in [6.07, 6.45) is 1.82. The van der Waals surface area contributed by atoms with Gasteiger partial charge in [0.1, 0.15) is 4.90 Å². The van der Waals surface area contributed by atoms with Crippen molar-refractivity contribution in [1.82, 2.24) is 4.31 Å². The zero-order chi connectivity index (χ0) is 15.1. The van der Waals surface area contributed by atoms with Crippen LogP contribution in [0.2, 0.25) is 0 Å². The maximum atomic E-state index is 12.8. The summed E-state index contributed by atoms with van der Waals surface area (Å²) in [5, 5.41) is 0. The highest BCUT2D eigenvalue weighted by Crippen LogP contribution is 2.31. The number of nitrogens with zero attached hydrogens (tertiary/aromatic N) is 1. The number of hydrogen-bond acceptors (Lipinski definition) is 3. The van der Waals surface area contributed by atoms with Gasteiger partial charge in [0, 0.05) is 12.6 Å². The van der Waals surface area contributed by atoms with Crippen LogP contribution in [0.15, 0.2) is 17.0 Å². The topological polar surface area (TPSA) is 63.4 Å². The molecule has 0 saturated carbocycles. The molecule has 0 aliphatic carbocycles. The molecule has 2 N–H and O–H groups in total. The molecule has 20 heavy (non-hydrogen) atoms. The van der Waals surface area contributed by atoms with Gasteiger partial charge in [0.25, 0.3) is 0 Å². The van der Waals surface area contributed by atoms with Gasteiger partial charge in [-0.05, 0) is 62.8 Å². The summed E-state index contributed by atoms with van der Waals surface area (Å²) in [5.74, 6) is 0.577. The van der Waals surface area contributed by atoms with Crippen LogP contribution in [0.5, 0.6) is 0 Å². The highest BCUT2D eigenvalue weighted by atomic mass is 32.2. The Bertz CT molecular complexity index is 611. The van der Waals surface area contributed by atoms with E-state index in [0.29, 0.717) is 18.2 Å². The Morgan fingerprint density at radius 3 is 2.40 bits per heavy atom. The number of aryl methyl sites for hydroxylation is 2. The van der Waals surface area contributed by atoms with Crippen molar-refractivity contribution >= 4 is 15.7 Å². The van der Waals surface area contributed by atoms with Crippen molar-refractivity contribution in [2.24, 2.45) is 5.92 Å².